The van der Waals surface area contributed by atoms with Crippen molar-refractivity contribution in [2.24, 2.45) is 11.7 Å². The number of aromatic nitrogens is 1. The monoisotopic (exact) mass is 261 g/mol. The molecular weight excluding hydrogens is 234 g/mol. The van der Waals surface area contributed by atoms with Gasteiger partial charge in [0.25, 0.3) is 0 Å². The summed E-state index contributed by atoms with van der Waals surface area (Å²) in [5, 5.41) is 0. The topological polar surface area (TPSA) is 42.2 Å². The molecule has 1 aromatic heterocycles. The van der Waals surface area contributed by atoms with Crippen molar-refractivity contribution < 1.29 is 0 Å². The van der Waals surface area contributed by atoms with Crippen molar-refractivity contribution in [3.05, 3.63) is 23.4 Å². The first-order valence-corrected chi connectivity index (χ1v) is 7.55. The van der Waals surface area contributed by atoms with Gasteiger partial charge >= 0.3 is 0 Å². The molecule has 0 aliphatic heterocycles. The molecule has 1 heterocycles. The van der Waals surface area contributed by atoms with Crippen LogP contribution in [0.15, 0.2) is 12.1 Å². The minimum absolute atomic E-state index is 0.567. The van der Waals surface area contributed by atoms with E-state index in [-0.39, 0.29) is 0 Å². The predicted molar refractivity (Wildman–Crippen MR) is 81.3 cm³/mol. The van der Waals surface area contributed by atoms with E-state index in [1.54, 1.807) is 0 Å². The molecule has 1 aromatic rings. The minimum atomic E-state index is 0.567. The largest absolute Gasteiger partial charge is 0.356 e. The van der Waals surface area contributed by atoms with Crippen molar-refractivity contribution >= 4 is 5.82 Å². The molecule has 2 rings (SSSR count). The van der Waals surface area contributed by atoms with E-state index in [2.05, 4.69) is 24.9 Å². The minimum Gasteiger partial charge on any atom is -0.356 e. The molecule has 0 saturated heterocycles. The third kappa shape index (κ3) is 3.27. The van der Waals surface area contributed by atoms with Gasteiger partial charge in [0.15, 0.2) is 0 Å². The van der Waals surface area contributed by atoms with Gasteiger partial charge in [-0.25, -0.2) is 4.98 Å². The van der Waals surface area contributed by atoms with E-state index in [0.29, 0.717) is 12.6 Å². The number of hydrogen-bond donors (Lipinski definition) is 1. The van der Waals surface area contributed by atoms with Crippen LogP contribution in [0.1, 0.15) is 50.3 Å². The standard InChI is InChI=1S/C16H27N3/c1-4-13-6-9-15(10-7-13)19(3)16-14(11-17)8-5-12(2)18-16/h5,8,13,15H,4,6-7,9-11,17H2,1-3H3. The summed E-state index contributed by atoms with van der Waals surface area (Å²) in [6, 6.07) is 4.79. The molecule has 3 nitrogen and oxygen atoms in total. The van der Waals surface area contributed by atoms with Gasteiger partial charge in [0.05, 0.1) is 0 Å². The third-order valence-electron chi connectivity index (χ3n) is 4.59. The van der Waals surface area contributed by atoms with Gasteiger partial charge < -0.3 is 10.6 Å². The molecular formula is C16H27N3. The summed E-state index contributed by atoms with van der Waals surface area (Å²) in [5.41, 5.74) is 8.07. The van der Waals surface area contributed by atoms with Crippen molar-refractivity contribution in [1.29, 1.82) is 0 Å². The van der Waals surface area contributed by atoms with Crippen LogP contribution in [-0.4, -0.2) is 18.1 Å². The van der Waals surface area contributed by atoms with Gasteiger partial charge in [-0.3, -0.25) is 0 Å². The average molecular weight is 261 g/mol. The first-order chi connectivity index (χ1) is 9.15. The molecule has 1 aliphatic carbocycles. The van der Waals surface area contributed by atoms with Gasteiger partial charge in [0, 0.05) is 30.9 Å². The van der Waals surface area contributed by atoms with E-state index < -0.39 is 0 Å². The first-order valence-electron chi connectivity index (χ1n) is 7.55. The Morgan fingerprint density at radius 3 is 2.53 bits per heavy atom. The highest BCUT2D eigenvalue weighted by molar-refractivity contribution is 5.48. The zero-order valence-electron chi connectivity index (χ0n) is 12.5. The Bertz CT molecular complexity index is 408. The molecule has 2 N–H and O–H groups in total. The molecule has 106 valence electrons. The summed E-state index contributed by atoms with van der Waals surface area (Å²) < 4.78 is 0. The van der Waals surface area contributed by atoms with E-state index in [1.165, 1.54) is 32.1 Å². The highest BCUT2D eigenvalue weighted by atomic mass is 15.2. The summed E-state index contributed by atoms with van der Waals surface area (Å²) in [6.45, 7) is 4.92. The smallest absolute Gasteiger partial charge is 0.133 e. The molecule has 0 aromatic carbocycles. The second-order valence-electron chi connectivity index (χ2n) is 5.83. The fourth-order valence-electron chi connectivity index (χ4n) is 3.15. The van der Waals surface area contributed by atoms with E-state index >= 15 is 0 Å². The molecule has 1 aliphatic rings. The van der Waals surface area contributed by atoms with Gasteiger partial charge in [0.2, 0.25) is 0 Å². The molecule has 0 amide bonds. The normalized spacial score (nSPS) is 23.4. The fourth-order valence-corrected chi connectivity index (χ4v) is 3.15. The van der Waals surface area contributed by atoms with Gasteiger partial charge in [-0.15, -0.1) is 0 Å². The molecule has 1 saturated carbocycles. The maximum absolute atomic E-state index is 5.84. The van der Waals surface area contributed by atoms with Crippen LogP contribution in [0.25, 0.3) is 0 Å². The Balaban J connectivity index is 2.11. The zero-order valence-corrected chi connectivity index (χ0v) is 12.5. The summed E-state index contributed by atoms with van der Waals surface area (Å²) in [6.07, 6.45) is 6.61. The van der Waals surface area contributed by atoms with Crippen LogP contribution in [0, 0.1) is 12.8 Å². The quantitative estimate of drug-likeness (QED) is 0.904. The number of anilines is 1. The highest BCUT2D eigenvalue weighted by Gasteiger charge is 2.24. The lowest BCUT2D eigenvalue weighted by atomic mass is 9.84. The second-order valence-corrected chi connectivity index (χ2v) is 5.83. The lowest BCUT2D eigenvalue weighted by Gasteiger charge is -2.36. The number of hydrogen-bond acceptors (Lipinski definition) is 3. The van der Waals surface area contributed by atoms with Gasteiger partial charge in [0.1, 0.15) is 5.82 Å². The summed E-state index contributed by atoms with van der Waals surface area (Å²) >= 11 is 0. The number of rotatable bonds is 4. The molecule has 0 spiro atoms. The Morgan fingerprint density at radius 2 is 1.95 bits per heavy atom. The van der Waals surface area contributed by atoms with Crippen molar-refractivity contribution in [2.75, 3.05) is 11.9 Å². The maximum atomic E-state index is 5.84. The summed E-state index contributed by atoms with van der Waals surface area (Å²) in [7, 11) is 2.18. The Kier molecular flexibility index (Phi) is 4.81. The highest BCUT2D eigenvalue weighted by Crippen LogP contribution is 2.31. The van der Waals surface area contributed by atoms with Crippen molar-refractivity contribution in [1.82, 2.24) is 4.98 Å². The van der Waals surface area contributed by atoms with Crippen LogP contribution < -0.4 is 10.6 Å². The van der Waals surface area contributed by atoms with Crippen LogP contribution in [0.3, 0.4) is 0 Å². The van der Waals surface area contributed by atoms with E-state index in [1.807, 2.05) is 13.0 Å². The number of nitrogens with two attached hydrogens (primary N) is 1. The predicted octanol–water partition coefficient (Wildman–Crippen LogP) is 3.25. The summed E-state index contributed by atoms with van der Waals surface area (Å²) in [5.74, 6) is 2.02. The number of nitrogens with zero attached hydrogens (tertiary/aromatic N) is 2. The van der Waals surface area contributed by atoms with E-state index in [9.17, 15) is 0 Å². The Labute approximate surface area is 117 Å². The lowest BCUT2D eigenvalue weighted by Crippen LogP contribution is -2.36. The van der Waals surface area contributed by atoms with E-state index in [0.717, 1.165) is 23.0 Å². The van der Waals surface area contributed by atoms with Gasteiger partial charge in [-0.05, 0) is 44.6 Å². The average Bonchev–Trinajstić information content (AvgIpc) is 2.46. The van der Waals surface area contributed by atoms with Crippen LogP contribution in [0.2, 0.25) is 0 Å². The van der Waals surface area contributed by atoms with Crippen molar-refractivity contribution in [2.45, 2.75) is 58.5 Å². The molecule has 0 radical (unpaired) electrons. The maximum Gasteiger partial charge on any atom is 0.133 e. The molecule has 0 bridgehead atoms. The Morgan fingerprint density at radius 1 is 1.26 bits per heavy atom. The SMILES string of the molecule is CCC1CCC(N(C)c2nc(C)ccc2CN)CC1. The van der Waals surface area contributed by atoms with Crippen LogP contribution in [0.4, 0.5) is 5.82 Å². The van der Waals surface area contributed by atoms with Crippen LogP contribution >= 0.6 is 0 Å². The zero-order chi connectivity index (χ0) is 13.8. The molecule has 0 unspecified atom stereocenters. The van der Waals surface area contributed by atoms with E-state index in [4.69, 9.17) is 10.7 Å². The molecule has 3 heteroatoms. The Hall–Kier alpha value is -1.09. The molecule has 19 heavy (non-hydrogen) atoms. The van der Waals surface area contributed by atoms with Gasteiger partial charge in [-0.2, -0.15) is 0 Å². The van der Waals surface area contributed by atoms with Gasteiger partial charge in [-0.1, -0.05) is 19.4 Å². The molecule has 0 atom stereocenters. The number of aryl methyl sites for hydroxylation is 1. The second kappa shape index (κ2) is 6.38. The van der Waals surface area contributed by atoms with Crippen molar-refractivity contribution in [3.63, 3.8) is 0 Å². The fraction of sp³-hybridized carbons (Fsp3) is 0.688. The van der Waals surface area contributed by atoms with Crippen LogP contribution in [-0.2, 0) is 6.54 Å². The molecule has 1 fully saturated rings. The third-order valence-corrected chi connectivity index (χ3v) is 4.59. The summed E-state index contributed by atoms with van der Waals surface area (Å²) in [4.78, 5) is 7.07. The number of pyridine rings is 1. The lowest BCUT2D eigenvalue weighted by molar-refractivity contribution is 0.312. The first kappa shape index (κ1) is 14.3. The van der Waals surface area contributed by atoms with Crippen LogP contribution in [0.5, 0.6) is 0 Å². The van der Waals surface area contributed by atoms with Crippen molar-refractivity contribution in [3.8, 4) is 0 Å².